The second-order valence-electron chi connectivity index (χ2n) is 13.1. The summed E-state index contributed by atoms with van der Waals surface area (Å²) in [5.41, 5.74) is 9.36. The molecule has 0 amide bonds. The average Bonchev–Trinajstić information content (AvgIpc) is 3.11. The minimum atomic E-state index is -2.69. The maximum atomic E-state index is 2.92. The molecule has 0 aliphatic heterocycles. The standard InChI is InChI=1S/C43H62N4P/c1-8-12-33-44(40-28-17-16-18-29-40)48(45(34-13-9-2)41-30-22-19-25-37(41)5,46(35-14-10-3)42-31-23-20-26-38(42)6)47(36-15-11-4)43-32-24-21-27-39(43)7/h16-32H,8-15,33-36H2,1-7H3/q+1. The van der Waals surface area contributed by atoms with Crippen molar-refractivity contribution in [3.8, 4) is 0 Å². The molecule has 0 atom stereocenters. The Labute approximate surface area is 294 Å². The van der Waals surface area contributed by atoms with Gasteiger partial charge in [-0.3, -0.25) is 0 Å². The van der Waals surface area contributed by atoms with Crippen LogP contribution < -0.4 is 18.7 Å². The van der Waals surface area contributed by atoms with E-state index in [-0.39, 0.29) is 0 Å². The van der Waals surface area contributed by atoms with Gasteiger partial charge in [-0.05, 0) is 93.5 Å². The number of rotatable bonds is 20. The number of benzene rings is 4. The molecule has 48 heavy (non-hydrogen) atoms. The monoisotopic (exact) mass is 665 g/mol. The molecule has 0 spiro atoms. The van der Waals surface area contributed by atoms with Gasteiger partial charge in [0, 0.05) is 0 Å². The van der Waals surface area contributed by atoms with Gasteiger partial charge in [-0.25, -0.2) is 0 Å². The Hall–Kier alpha value is -3.49. The Balaban J connectivity index is 2.30. The minimum Gasteiger partial charge on any atom is -0.190 e. The first-order chi connectivity index (χ1) is 23.4. The molecule has 4 aromatic carbocycles. The van der Waals surface area contributed by atoms with Crippen molar-refractivity contribution in [2.75, 3.05) is 44.9 Å². The topological polar surface area (TPSA) is 13.0 Å². The van der Waals surface area contributed by atoms with Crippen molar-refractivity contribution in [2.24, 2.45) is 0 Å². The summed E-state index contributed by atoms with van der Waals surface area (Å²) in [6.07, 6.45) is 9.05. The molecule has 0 saturated carbocycles. The fourth-order valence-electron chi connectivity index (χ4n) is 6.79. The molecule has 258 valence electrons. The van der Waals surface area contributed by atoms with E-state index in [2.05, 4.69) is 170 Å². The Bertz CT molecular complexity index is 1370. The zero-order valence-corrected chi connectivity index (χ0v) is 31.9. The van der Waals surface area contributed by atoms with Crippen LogP contribution in [0.5, 0.6) is 0 Å². The van der Waals surface area contributed by atoms with Crippen LogP contribution in [0.25, 0.3) is 0 Å². The van der Waals surface area contributed by atoms with Crippen molar-refractivity contribution >= 4 is 30.6 Å². The number of anilines is 4. The van der Waals surface area contributed by atoms with Crippen LogP contribution >= 0.6 is 7.87 Å². The van der Waals surface area contributed by atoms with Crippen LogP contribution in [0.15, 0.2) is 103 Å². The first-order valence-electron chi connectivity index (χ1n) is 18.7. The van der Waals surface area contributed by atoms with E-state index in [4.69, 9.17) is 0 Å². The molecular weight excluding hydrogens is 603 g/mol. The van der Waals surface area contributed by atoms with E-state index in [0.29, 0.717) is 0 Å². The summed E-state index contributed by atoms with van der Waals surface area (Å²) in [7, 11) is -2.69. The van der Waals surface area contributed by atoms with Crippen LogP contribution in [0.3, 0.4) is 0 Å². The first kappa shape index (κ1) is 37.3. The number of hydrogen-bond acceptors (Lipinski definition) is 4. The predicted molar refractivity (Wildman–Crippen MR) is 216 cm³/mol. The Morgan fingerprint density at radius 1 is 0.375 bits per heavy atom. The largest absolute Gasteiger partial charge is 0.405 e. The predicted octanol–water partition coefficient (Wildman–Crippen LogP) is 12.8. The minimum absolute atomic E-state index is 0.978. The summed E-state index contributed by atoms with van der Waals surface area (Å²) in [6, 6.07) is 38.9. The summed E-state index contributed by atoms with van der Waals surface area (Å²) < 4.78 is 11.6. The Morgan fingerprint density at radius 3 is 0.979 bits per heavy atom. The van der Waals surface area contributed by atoms with E-state index < -0.39 is 7.87 Å². The van der Waals surface area contributed by atoms with Gasteiger partial charge < -0.3 is 0 Å². The van der Waals surface area contributed by atoms with Gasteiger partial charge in [-0.1, -0.05) is 126 Å². The maximum absolute atomic E-state index is 2.92. The van der Waals surface area contributed by atoms with Gasteiger partial charge in [0.15, 0.2) is 0 Å². The van der Waals surface area contributed by atoms with E-state index in [9.17, 15) is 0 Å². The highest BCUT2D eigenvalue weighted by atomic mass is 31.2. The smallest absolute Gasteiger partial charge is 0.190 e. The second-order valence-corrected chi connectivity index (χ2v) is 16.1. The molecule has 4 aromatic rings. The highest BCUT2D eigenvalue weighted by molar-refractivity contribution is 7.81. The van der Waals surface area contributed by atoms with Crippen LogP contribution in [0, 0.1) is 20.8 Å². The fraction of sp³-hybridized carbons (Fsp3) is 0.442. The highest BCUT2D eigenvalue weighted by Gasteiger charge is 2.63. The molecule has 0 aliphatic carbocycles. The molecule has 0 unspecified atom stereocenters. The molecule has 5 heteroatoms. The van der Waals surface area contributed by atoms with Crippen LogP contribution in [0.1, 0.15) is 95.8 Å². The zero-order valence-electron chi connectivity index (χ0n) is 31.0. The van der Waals surface area contributed by atoms with Gasteiger partial charge in [0.05, 0.1) is 48.9 Å². The van der Waals surface area contributed by atoms with Crippen molar-refractivity contribution in [1.82, 2.24) is 0 Å². The molecule has 0 aromatic heterocycles. The number of para-hydroxylation sites is 4. The zero-order chi connectivity index (χ0) is 34.4. The van der Waals surface area contributed by atoms with E-state index in [1.54, 1.807) is 0 Å². The molecule has 0 saturated heterocycles. The van der Waals surface area contributed by atoms with E-state index in [1.807, 2.05) is 0 Å². The molecule has 4 rings (SSSR count). The third-order valence-corrected chi connectivity index (χ3v) is 13.7. The van der Waals surface area contributed by atoms with Crippen molar-refractivity contribution in [2.45, 2.75) is 99.8 Å². The lowest BCUT2D eigenvalue weighted by atomic mass is 10.2. The Kier molecular flexibility index (Phi) is 14.7. The summed E-state index contributed by atoms with van der Waals surface area (Å²) in [4.78, 5) is 0. The molecule has 0 heterocycles. The van der Waals surface area contributed by atoms with E-state index >= 15 is 0 Å². The lowest BCUT2D eigenvalue weighted by Crippen LogP contribution is -2.55. The highest BCUT2D eigenvalue weighted by Crippen LogP contribution is 2.74. The fourth-order valence-corrected chi connectivity index (χ4v) is 12.0. The lowest BCUT2D eigenvalue weighted by molar-refractivity contribution is 0.739. The van der Waals surface area contributed by atoms with Gasteiger partial charge in [0.2, 0.25) is 0 Å². The third-order valence-electron chi connectivity index (χ3n) is 9.42. The third kappa shape index (κ3) is 8.38. The van der Waals surface area contributed by atoms with Gasteiger partial charge in [-0.2, -0.15) is 18.7 Å². The molecule has 0 N–H and O–H groups in total. The average molecular weight is 666 g/mol. The summed E-state index contributed by atoms with van der Waals surface area (Å²) in [5, 5.41) is 0. The SMILES string of the molecule is CCCCN(c1ccccc1)[P+](N(CCCC)c1ccccc1C)(N(CCCC)c1ccccc1C)N(CCCC)c1ccccc1C. The molecular formula is C43H62N4P+. The Morgan fingerprint density at radius 2 is 0.667 bits per heavy atom. The van der Waals surface area contributed by atoms with Gasteiger partial charge in [-0.15, -0.1) is 0 Å². The number of hydrogen-bond donors (Lipinski definition) is 0. The molecule has 4 nitrogen and oxygen atoms in total. The quantitative estimate of drug-likeness (QED) is 0.0871. The first-order valence-corrected chi connectivity index (χ1v) is 20.3. The summed E-state index contributed by atoms with van der Waals surface area (Å²) >= 11 is 0. The van der Waals surface area contributed by atoms with Gasteiger partial charge in [0.25, 0.3) is 0 Å². The van der Waals surface area contributed by atoms with Crippen LogP contribution in [-0.2, 0) is 0 Å². The number of unbranched alkanes of at least 4 members (excludes halogenated alkanes) is 4. The number of nitrogens with zero attached hydrogens (tertiary/aromatic N) is 4. The van der Waals surface area contributed by atoms with Crippen LogP contribution in [0.2, 0.25) is 0 Å². The molecule has 0 aliphatic rings. The normalized spacial score (nSPS) is 11.4. The van der Waals surface area contributed by atoms with Gasteiger partial charge >= 0.3 is 7.87 Å². The van der Waals surface area contributed by atoms with Crippen molar-refractivity contribution < 1.29 is 0 Å². The lowest BCUT2D eigenvalue weighted by Gasteiger charge is -2.54. The molecule has 0 radical (unpaired) electrons. The summed E-state index contributed by atoms with van der Waals surface area (Å²) in [5.74, 6) is 0. The van der Waals surface area contributed by atoms with E-state index in [1.165, 1.54) is 39.4 Å². The molecule has 0 fully saturated rings. The summed E-state index contributed by atoms with van der Waals surface area (Å²) in [6.45, 7) is 20.2. The van der Waals surface area contributed by atoms with E-state index in [0.717, 1.165) is 77.5 Å². The second kappa shape index (κ2) is 18.9. The van der Waals surface area contributed by atoms with Gasteiger partial charge in [0.1, 0.15) is 0 Å². The van der Waals surface area contributed by atoms with Crippen molar-refractivity contribution in [3.05, 3.63) is 120 Å². The maximum Gasteiger partial charge on any atom is 0.405 e. The van der Waals surface area contributed by atoms with Crippen LogP contribution in [-0.4, -0.2) is 26.2 Å². The molecule has 0 bridgehead atoms. The van der Waals surface area contributed by atoms with Crippen molar-refractivity contribution in [3.63, 3.8) is 0 Å². The van der Waals surface area contributed by atoms with Crippen molar-refractivity contribution in [1.29, 1.82) is 0 Å². The number of aryl methyl sites for hydroxylation is 3. The van der Waals surface area contributed by atoms with Crippen LogP contribution in [0.4, 0.5) is 22.7 Å².